The van der Waals surface area contributed by atoms with Crippen LogP contribution in [-0.2, 0) is 20.6 Å². The van der Waals surface area contributed by atoms with Crippen molar-refractivity contribution >= 4 is 0 Å². The lowest BCUT2D eigenvalue weighted by Gasteiger charge is -2.54. The maximum absolute atomic E-state index is 11.3. The highest BCUT2D eigenvalue weighted by Gasteiger charge is 2.64. The first-order valence-corrected chi connectivity index (χ1v) is 10.2. The average Bonchev–Trinajstić information content (AvgIpc) is 2.77. The highest BCUT2D eigenvalue weighted by Crippen LogP contribution is 2.39. The number of aromatic hydroxyl groups is 2. The molecule has 0 unspecified atom stereocenters. The normalized spacial score (nSPS) is 42.7. The fourth-order valence-electron chi connectivity index (χ4n) is 4.07. The van der Waals surface area contributed by atoms with Crippen LogP contribution in [0.3, 0.4) is 0 Å². The summed E-state index contributed by atoms with van der Waals surface area (Å²) in [7, 11) is 0. The second kappa shape index (κ2) is 9.73. The van der Waals surface area contributed by atoms with Crippen molar-refractivity contribution in [3.63, 3.8) is 0 Å². The van der Waals surface area contributed by atoms with E-state index in [4.69, 9.17) is 14.2 Å². The minimum atomic E-state index is -2.64. The smallest absolute Gasteiger partial charge is 0.187 e. The highest BCUT2D eigenvalue weighted by molar-refractivity contribution is 5.40. The standard InChI is InChI=1S/C20H30O12/c1-8-13(24)14(25)15(26)18(31-8)20(29)16(27)12(7-21)32-19(17(20)28)30-5-4-9-2-3-10(22)11(23)6-9/h2-3,6,8,12-19,21-29H,4-5,7H2,1H3/t8-,12+,13-,14+,15+,16+,17-,18+,19+,20-/m0/s1. The van der Waals surface area contributed by atoms with Crippen LogP contribution in [0, 0.1) is 0 Å². The van der Waals surface area contributed by atoms with Gasteiger partial charge in [0.05, 0.1) is 19.3 Å². The monoisotopic (exact) mass is 462 g/mol. The molecule has 0 radical (unpaired) electrons. The second-order valence-corrected chi connectivity index (χ2v) is 8.18. The summed E-state index contributed by atoms with van der Waals surface area (Å²) >= 11 is 0. The molecule has 32 heavy (non-hydrogen) atoms. The highest BCUT2D eigenvalue weighted by atomic mass is 16.7. The number of aliphatic hydroxyl groups excluding tert-OH is 6. The summed E-state index contributed by atoms with van der Waals surface area (Å²) in [6, 6.07) is 4.14. The molecule has 0 saturated carbocycles. The largest absolute Gasteiger partial charge is 0.504 e. The summed E-state index contributed by atoms with van der Waals surface area (Å²) in [5, 5.41) is 91.6. The van der Waals surface area contributed by atoms with E-state index >= 15 is 0 Å². The summed E-state index contributed by atoms with van der Waals surface area (Å²) < 4.78 is 16.3. The molecule has 0 aliphatic carbocycles. The molecule has 2 aliphatic heterocycles. The Morgan fingerprint density at radius 2 is 1.62 bits per heavy atom. The van der Waals surface area contributed by atoms with Crippen molar-refractivity contribution in [1.82, 2.24) is 0 Å². The van der Waals surface area contributed by atoms with Crippen molar-refractivity contribution in [2.24, 2.45) is 0 Å². The third-order valence-electron chi connectivity index (χ3n) is 6.07. The first-order valence-electron chi connectivity index (χ1n) is 10.2. The summed E-state index contributed by atoms with van der Waals surface area (Å²) in [4.78, 5) is 0. The van der Waals surface area contributed by atoms with Crippen molar-refractivity contribution in [3.05, 3.63) is 23.8 Å². The van der Waals surface area contributed by atoms with Gasteiger partial charge in [0.2, 0.25) is 0 Å². The third-order valence-corrected chi connectivity index (χ3v) is 6.07. The van der Waals surface area contributed by atoms with Crippen LogP contribution in [0.4, 0.5) is 0 Å². The molecule has 0 bridgehead atoms. The van der Waals surface area contributed by atoms with Crippen LogP contribution < -0.4 is 0 Å². The molecule has 2 aliphatic rings. The predicted molar refractivity (Wildman–Crippen MR) is 104 cm³/mol. The fourth-order valence-corrected chi connectivity index (χ4v) is 4.07. The zero-order valence-electron chi connectivity index (χ0n) is 17.3. The summed E-state index contributed by atoms with van der Waals surface area (Å²) in [6.07, 6.45) is -14.6. The molecule has 2 heterocycles. The molecule has 0 amide bonds. The maximum atomic E-state index is 11.3. The number of ether oxygens (including phenoxy) is 3. The average molecular weight is 462 g/mol. The number of phenolic OH excluding ortho intramolecular Hbond substituents is 2. The van der Waals surface area contributed by atoms with Gasteiger partial charge < -0.3 is 60.2 Å². The van der Waals surface area contributed by atoms with Crippen LogP contribution in [0.5, 0.6) is 11.5 Å². The summed E-state index contributed by atoms with van der Waals surface area (Å²) in [5.74, 6) is -0.620. The molecular formula is C20H30O12. The lowest BCUT2D eigenvalue weighted by atomic mass is 9.74. The van der Waals surface area contributed by atoms with E-state index in [-0.39, 0.29) is 24.5 Å². The topological polar surface area (TPSA) is 210 Å². The van der Waals surface area contributed by atoms with Gasteiger partial charge in [-0.1, -0.05) is 6.07 Å². The van der Waals surface area contributed by atoms with Gasteiger partial charge in [0.15, 0.2) is 23.4 Å². The molecule has 3 rings (SSSR count). The van der Waals surface area contributed by atoms with Gasteiger partial charge in [-0.2, -0.15) is 0 Å². The van der Waals surface area contributed by atoms with E-state index in [1.54, 1.807) is 0 Å². The van der Waals surface area contributed by atoms with Crippen LogP contribution >= 0.6 is 0 Å². The van der Waals surface area contributed by atoms with E-state index < -0.39 is 67.3 Å². The molecule has 2 saturated heterocycles. The minimum Gasteiger partial charge on any atom is -0.504 e. The van der Waals surface area contributed by atoms with Crippen molar-refractivity contribution in [2.75, 3.05) is 13.2 Å². The van der Waals surface area contributed by atoms with Gasteiger partial charge >= 0.3 is 0 Å². The molecule has 0 aromatic heterocycles. The molecule has 10 atom stereocenters. The van der Waals surface area contributed by atoms with E-state index in [1.807, 2.05) is 0 Å². The van der Waals surface area contributed by atoms with Gasteiger partial charge in [-0.05, 0) is 31.0 Å². The van der Waals surface area contributed by atoms with E-state index in [9.17, 15) is 46.0 Å². The Morgan fingerprint density at radius 1 is 0.938 bits per heavy atom. The van der Waals surface area contributed by atoms with Crippen LogP contribution in [0.1, 0.15) is 12.5 Å². The Bertz CT molecular complexity index is 777. The van der Waals surface area contributed by atoms with Crippen LogP contribution in [0.25, 0.3) is 0 Å². The Kier molecular flexibility index (Phi) is 7.62. The van der Waals surface area contributed by atoms with E-state index in [0.29, 0.717) is 5.56 Å². The van der Waals surface area contributed by atoms with Gasteiger partial charge in [0.1, 0.15) is 42.7 Å². The molecule has 12 nitrogen and oxygen atoms in total. The van der Waals surface area contributed by atoms with Crippen LogP contribution in [0.2, 0.25) is 0 Å². The van der Waals surface area contributed by atoms with Crippen molar-refractivity contribution in [3.8, 4) is 11.5 Å². The van der Waals surface area contributed by atoms with Gasteiger partial charge in [-0.3, -0.25) is 0 Å². The maximum Gasteiger partial charge on any atom is 0.187 e. The molecule has 2 fully saturated rings. The van der Waals surface area contributed by atoms with Gasteiger partial charge in [0.25, 0.3) is 0 Å². The molecule has 182 valence electrons. The summed E-state index contributed by atoms with van der Waals surface area (Å²) in [5.41, 5.74) is -2.06. The number of hydrogen-bond donors (Lipinski definition) is 9. The quantitative estimate of drug-likeness (QED) is 0.190. The number of aliphatic hydroxyl groups is 7. The number of benzene rings is 1. The second-order valence-electron chi connectivity index (χ2n) is 8.18. The molecule has 12 heteroatoms. The number of rotatable bonds is 6. The third kappa shape index (κ3) is 4.43. The number of hydrogen-bond acceptors (Lipinski definition) is 12. The predicted octanol–water partition coefficient (Wildman–Crippen LogP) is -3.30. The summed E-state index contributed by atoms with van der Waals surface area (Å²) in [6.45, 7) is 0.506. The Morgan fingerprint density at radius 3 is 2.25 bits per heavy atom. The van der Waals surface area contributed by atoms with Gasteiger partial charge in [-0.15, -0.1) is 0 Å². The van der Waals surface area contributed by atoms with Gasteiger partial charge in [-0.25, -0.2) is 0 Å². The molecule has 9 N–H and O–H groups in total. The lowest BCUT2D eigenvalue weighted by molar-refractivity contribution is -0.372. The zero-order chi connectivity index (χ0) is 23.8. The SMILES string of the molecule is C[C@@H]1O[C@@H]([C@]2(O)[C@H](O)[C@@H](CO)O[C@@H](OCCc3ccc(O)c(O)c3)[C@@H]2O)[C@H](O)[C@H](O)[C@H]1O. The molecular weight excluding hydrogens is 432 g/mol. The Labute approximate surface area is 183 Å². The van der Waals surface area contributed by atoms with Gasteiger partial charge in [0, 0.05) is 0 Å². The first-order chi connectivity index (χ1) is 15.0. The molecule has 1 aromatic rings. The van der Waals surface area contributed by atoms with Crippen LogP contribution in [-0.4, -0.2) is 120 Å². The minimum absolute atomic E-state index is 0.0952. The van der Waals surface area contributed by atoms with Crippen molar-refractivity contribution < 1.29 is 60.2 Å². The Balaban J connectivity index is 1.77. The van der Waals surface area contributed by atoms with E-state index in [0.717, 1.165) is 0 Å². The first kappa shape index (κ1) is 25.1. The van der Waals surface area contributed by atoms with E-state index in [1.165, 1.54) is 25.1 Å². The zero-order valence-corrected chi connectivity index (χ0v) is 17.3. The lowest BCUT2D eigenvalue weighted by Crippen LogP contribution is -2.77. The Hall–Kier alpha value is -1.58. The van der Waals surface area contributed by atoms with Crippen LogP contribution in [0.15, 0.2) is 18.2 Å². The van der Waals surface area contributed by atoms with Crippen molar-refractivity contribution in [1.29, 1.82) is 0 Å². The fraction of sp³-hybridized carbons (Fsp3) is 0.700. The van der Waals surface area contributed by atoms with E-state index in [2.05, 4.69) is 0 Å². The molecule has 1 aromatic carbocycles. The van der Waals surface area contributed by atoms with Crippen molar-refractivity contribution in [2.45, 2.75) is 74.1 Å². The molecule has 0 spiro atoms. The number of phenols is 2.